The van der Waals surface area contributed by atoms with Gasteiger partial charge in [-0.25, -0.2) is 0 Å². The average Bonchev–Trinajstić information content (AvgIpc) is 2.19. The molecular formula is C10H18N2S2. The van der Waals surface area contributed by atoms with Crippen molar-refractivity contribution in [2.24, 2.45) is 4.99 Å². The van der Waals surface area contributed by atoms with Crippen molar-refractivity contribution in [1.29, 1.82) is 0 Å². The van der Waals surface area contributed by atoms with E-state index < -0.39 is 0 Å². The van der Waals surface area contributed by atoms with E-state index in [1.807, 2.05) is 11.8 Å². The molecule has 1 atom stereocenters. The van der Waals surface area contributed by atoms with Crippen molar-refractivity contribution in [2.45, 2.75) is 38.3 Å². The normalized spacial score (nSPS) is 32.9. The highest BCUT2D eigenvalue weighted by Crippen LogP contribution is 2.22. The molecule has 0 aromatic rings. The lowest BCUT2D eigenvalue weighted by Crippen LogP contribution is -2.36. The fourth-order valence-corrected chi connectivity index (χ4v) is 3.97. The summed E-state index contributed by atoms with van der Waals surface area (Å²) in [6, 6.07) is 1.21. The van der Waals surface area contributed by atoms with Gasteiger partial charge in [0, 0.05) is 11.8 Å². The smallest absolute Gasteiger partial charge is 0.157 e. The van der Waals surface area contributed by atoms with Gasteiger partial charge in [-0.05, 0) is 37.7 Å². The number of aliphatic imine (C=N–C) groups is 1. The van der Waals surface area contributed by atoms with Crippen LogP contribution in [-0.2, 0) is 0 Å². The molecule has 0 aliphatic carbocycles. The van der Waals surface area contributed by atoms with Gasteiger partial charge in [-0.15, -0.1) is 0 Å². The molecule has 0 saturated carbocycles. The Morgan fingerprint density at radius 1 is 1.21 bits per heavy atom. The number of nitrogens with one attached hydrogen (secondary N) is 1. The van der Waals surface area contributed by atoms with Gasteiger partial charge >= 0.3 is 0 Å². The highest BCUT2D eigenvalue weighted by atomic mass is 32.2. The number of rotatable bonds is 1. The molecule has 2 rings (SSSR count). The fourth-order valence-electron chi connectivity index (χ4n) is 1.71. The fraction of sp³-hybridized carbons (Fsp3) is 0.900. The van der Waals surface area contributed by atoms with Gasteiger partial charge in [-0.1, -0.05) is 11.8 Å². The third-order valence-corrected chi connectivity index (χ3v) is 4.64. The first kappa shape index (κ1) is 10.7. The van der Waals surface area contributed by atoms with Gasteiger partial charge in [-0.3, -0.25) is 4.99 Å². The maximum absolute atomic E-state index is 4.80. The molecule has 1 N–H and O–H groups in total. The lowest BCUT2D eigenvalue weighted by atomic mass is 10.2. The summed E-state index contributed by atoms with van der Waals surface area (Å²) in [6.07, 6.45) is 3.81. The van der Waals surface area contributed by atoms with E-state index in [9.17, 15) is 0 Å². The van der Waals surface area contributed by atoms with Gasteiger partial charge in [0.15, 0.2) is 5.17 Å². The second kappa shape index (κ2) is 5.31. The van der Waals surface area contributed by atoms with Crippen molar-refractivity contribution in [3.8, 4) is 0 Å². The summed E-state index contributed by atoms with van der Waals surface area (Å²) in [5, 5.41) is 4.66. The second-order valence-corrected chi connectivity index (χ2v) is 6.27. The molecule has 0 spiro atoms. The van der Waals surface area contributed by atoms with Crippen LogP contribution in [0.25, 0.3) is 0 Å². The van der Waals surface area contributed by atoms with E-state index >= 15 is 0 Å². The van der Waals surface area contributed by atoms with Crippen LogP contribution < -0.4 is 5.32 Å². The van der Waals surface area contributed by atoms with Crippen LogP contribution in [0.1, 0.15) is 26.2 Å². The third-order valence-electron chi connectivity index (χ3n) is 2.65. The molecule has 14 heavy (non-hydrogen) atoms. The Labute approximate surface area is 94.7 Å². The molecule has 80 valence electrons. The number of amidine groups is 1. The van der Waals surface area contributed by atoms with Crippen LogP contribution in [0.5, 0.6) is 0 Å². The highest BCUT2D eigenvalue weighted by molar-refractivity contribution is 8.13. The Morgan fingerprint density at radius 2 is 2.00 bits per heavy atom. The summed E-state index contributed by atoms with van der Waals surface area (Å²) < 4.78 is 0. The quantitative estimate of drug-likeness (QED) is 0.748. The third kappa shape index (κ3) is 3.09. The first-order chi connectivity index (χ1) is 6.84. The Morgan fingerprint density at radius 3 is 2.71 bits per heavy atom. The molecule has 2 saturated heterocycles. The van der Waals surface area contributed by atoms with E-state index in [1.165, 1.54) is 41.7 Å². The van der Waals surface area contributed by atoms with Gasteiger partial charge < -0.3 is 5.32 Å². The van der Waals surface area contributed by atoms with Crippen molar-refractivity contribution < 1.29 is 0 Å². The van der Waals surface area contributed by atoms with Gasteiger partial charge in [0.1, 0.15) is 0 Å². The summed E-state index contributed by atoms with van der Waals surface area (Å²) in [6.45, 7) is 2.24. The number of thioether (sulfide) groups is 2. The van der Waals surface area contributed by atoms with Crippen LogP contribution >= 0.6 is 23.5 Å². The summed E-state index contributed by atoms with van der Waals surface area (Å²) >= 11 is 3.96. The Bertz CT molecular complexity index is 212. The molecule has 1 unspecified atom stereocenters. The lowest BCUT2D eigenvalue weighted by molar-refractivity contribution is 0.606. The van der Waals surface area contributed by atoms with E-state index in [4.69, 9.17) is 4.99 Å². The molecule has 0 aromatic carbocycles. The molecule has 2 aliphatic rings. The van der Waals surface area contributed by atoms with Crippen molar-refractivity contribution >= 4 is 28.7 Å². The van der Waals surface area contributed by atoms with Gasteiger partial charge in [0.25, 0.3) is 0 Å². The topological polar surface area (TPSA) is 24.4 Å². The van der Waals surface area contributed by atoms with Gasteiger partial charge in [0.2, 0.25) is 0 Å². The summed E-state index contributed by atoms with van der Waals surface area (Å²) in [7, 11) is 0. The zero-order chi connectivity index (χ0) is 9.80. The van der Waals surface area contributed by atoms with E-state index in [2.05, 4.69) is 24.0 Å². The number of hydrogen-bond donors (Lipinski definition) is 1. The Balaban J connectivity index is 1.88. The lowest BCUT2D eigenvalue weighted by Gasteiger charge is -2.24. The minimum atomic E-state index is 0.594. The molecule has 2 aliphatic heterocycles. The largest absolute Gasteiger partial charge is 0.362 e. The first-order valence-electron chi connectivity index (χ1n) is 5.39. The molecule has 4 heteroatoms. The van der Waals surface area contributed by atoms with Crippen molar-refractivity contribution in [2.75, 3.05) is 17.3 Å². The second-order valence-electron chi connectivity index (χ2n) is 3.96. The molecule has 2 fully saturated rings. The minimum Gasteiger partial charge on any atom is -0.362 e. The predicted molar refractivity (Wildman–Crippen MR) is 67.5 cm³/mol. The zero-order valence-electron chi connectivity index (χ0n) is 8.66. The number of nitrogens with zero attached hydrogens (tertiary/aromatic N) is 1. The maximum atomic E-state index is 4.80. The van der Waals surface area contributed by atoms with Crippen LogP contribution in [0, 0.1) is 0 Å². The van der Waals surface area contributed by atoms with E-state index in [0.29, 0.717) is 12.1 Å². The molecule has 0 aromatic heterocycles. The molecule has 2 nitrogen and oxygen atoms in total. The van der Waals surface area contributed by atoms with Crippen LogP contribution in [0.15, 0.2) is 4.99 Å². The van der Waals surface area contributed by atoms with Crippen molar-refractivity contribution in [3.05, 3.63) is 0 Å². The first-order valence-corrected chi connectivity index (χ1v) is 7.53. The highest BCUT2D eigenvalue weighted by Gasteiger charge is 2.17. The zero-order valence-corrected chi connectivity index (χ0v) is 10.3. The van der Waals surface area contributed by atoms with Gasteiger partial charge in [-0.2, -0.15) is 11.8 Å². The molecule has 0 radical (unpaired) electrons. The Hall–Kier alpha value is 0.170. The van der Waals surface area contributed by atoms with Crippen LogP contribution in [0.4, 0.5) is 0 Å². The van der Waals surface area contributed by atoms with E-state index in [0.717, 1.165) is 0 Å². The van der Waals surface area contributed by atoms with E-state index in [1.54, 1.807) is 0 Å². The van der Waals surface area contributed by atoms with Crippen molar-refractivity contribution in [1.82, 2.24) is 5.32 Å². The SMILES string of the molecule is CC1CCSC(=NC2CCSCC2)N1. The van der Waals surface area contributed by atoms with Crippen LogP contribution in [-0.4, -0.2) is 34.5 Å². The molecular weight excluding hydrogens is 212 g/mol. The standard InChI is InChI=1S/C10H18N2S2/c1-8-2-7-14-10(11-8)12-9-3-5-13-6-4-9/h8-9H,2-7H2,1H3,(H,11,12). The van der Waals surface area contributed by atoms with Crippen molar-refractivity contribution in [3.63, 3.8) is 0 Å². The van der Waals surface area contributed by atoms with E-state index in [-0.39, 0.29) is 0 Å². The molecule has 2 heterocycles. The van der Waals surface area contributed by atoms with Crippen LogP contribution in [0.3, 0.4) is 0 Å². The summed E-state index contributed by atoms with van der Waals surface area (Å²) in [5.74, 6) is 3.82. The average molecular weight is 230 g/mol. The Kier molecular flexibility index (Phi) is 4.05. The summed E-state index contributed by atoms with van der Waals surface area (Å²) in [4.78, 5) is 4.80. The minimum absolute atomic E-state index is 0.594. The predicted octanol–water partition coefficient (Wildman–Crippen LogP) is 2.35. The monoisotopic (exact) mass is 230 g/mol. The maximum Gasteiger partial charge on any atom is 0.157 e. The molecule has 0 amide bonds. The number of hydrogen-bond acceptors (Lipinski definition) is 3. The van der Waals surface area contributed by atoms with Gasteiger partial charge in [0.05, 0.1) is 6.04 Å². The van der Waals surface area contributed by atoms with Crippen LogP contribution in [0.2, 0.25) is 0 Å². The molecule has 0 bridgehead atoms. The summed E-state index contributed by atoms with van der Waals surface area (Å²) in [5.41, 5.74) is 0.